The zero-order valence-corrected chi connectivity index (χ0v) is 15.4. The number of piperazine rings is 1. The van der Waals surface area contributed by atoms with Gasteiger partial charge in [0.05, 0.1) is 11.4 Å². The Bertz CT molecular complexity index is 983. The second-order valence-corrected chi connectivity index (χ2v) is 7.09. The Balaban J connectivity index is 1.63. The van der Waals surface area contributed by atoms with Crippen LogP contribution in [0, 0.1) is 0 Å². The minimum atomic E-state index is 0.527. The zero-order chi connectivity index (χ0) is 18.2. The standard InChI is InChI=1S/C21H22N6/c1-25-11-13-26(14-12-25)21-24-23-19-15-22-20(16-7-3-2-4-8-16)17-9-5-6-10-18(17)27(19)21/h2-10H,11-15H2,1H3. The molecule has 3 aromatic rings. The molecule has 0 N–H and O–H groups in total. The number of hydrogen-bond donors (Lipinski definition) is 0. The molecule has 1 fully saturated rings. The Hall–Kier alpha value is -2.99. The van der Waals surface area contributed by atoms with E-state index in [0.717, 1.165) is 60.5 Å². The molecular formula is C21H22N6. The van der Waals surface area contributed by atoms with E-state index in [1.165, 1.54) is 0 Å². The van der Waals surface area contributed by atoms with E-state index >= 15 is 0 Å². The van der Waals surface area contributed by atoms with Crippen LogP contribution in [-0.2, 0) is 6.54 Å². The van der Waals surface area contributed by atoms with E-state index in [9.17, 15) is 0 Å². The van der Waals surface area contributed by atoms with Crippen molar-refractivity contribution in [1.29, 1.82) is 0 Å². The molecule has 2 aliphatic heterocycles. The molecule has 0 spiro atoms. The van der Waals surface area contributed by atoms with Crippen molar-refractivity contribution in [2.75, 3.05) is 38.1 Å². The molecule has 2 aliphatic rings. The van der Waals surface area contributed by atoms with Crippen molar-refractivity contribution < 1.29 is 0 Å². The van der Waals surface area contributed by atoms with Crippen molar-refractivity contribution in [2.45, 2.75) is 6.54 Å². The van der Waals surface area contributed by atoms with Crippen LogP contribution in [0.5, 0.6) is 0 Å². The minimum Gasteiger partial charge on any atom is -0.338 e. The number of nitrogens with zero attached hydrogens (tertiary/aromatic N) is 6. The normalized spacial score (nSPS) is 17.1. The largest absolute Gasteiger partial charge is 0.338 e. The van der Waals surface area contributed by atoms with Crippen LogP contribution in [-0.4, -0.2) is 58.6 Å². The molecule has 136 valence electrons. The van der Waals surface area contributed by atoms with Crippen molar-refractivity contribution in [3.05, 3.63) is 71.5 Å². The van der Waals surface area contributed by atoms with E-state index in [0.29, 0.717) is 6.54 Å². The maximum absolute atomic E-state index is 4.91. The lowest BCUT2D eigenvalue weighted by Crippen LogP contribution is -2.45. The summed E-state index contributed by atoms with van der Waals surface area (Å²) in [5, 5.41) is 9.02. The second-order valence-electron chi connectivity index (χ2n) is 7.09. The number of aromatic nitrogens is 3. The van der Waals surface area contributed by atoms with Crippen molar-refractivity contribution >= 4 is 11.7 Å². The number of likely N-dealkylation sites (N-methyl/N-ethyl adjacent to an activating group) is 1. The molecule has 6 heteroatoms. The van der Waals surface area contributed by atoms with Gasteiger partial charge in [0.15, 0.2) is 5.82 Å². The lowest BCUT2D eigenvalue weighted by molar-refractivity contribution is 0.310. The summed E-state index contributed by atoms with van der Waals surface area (Å²) in [5.41, 5.74) is 4.37. The molecule has 3 heterocycles. The highest BCUT2D eigenvalue weighted by atomic mass is 15.4. The van der Waals surface area contributed by atoms with Gasteiger partial charge >= 0.3 is 0 Å². The number of anilines is 1. The molecule has 27 heavy (non-hydrogen) atoms. The fraction of sp³-hybridized carbons (Fsp3) is 0.286. The summed E-state index contributed by atoms with van der Waals surface area (Å²) < 4.78 is 2.19. The highest BCUT2D eigenvalue weighted by Gasteiger charge is 2.26. The third-order valence-corrected chi connectivity index (χ3v) is 5.32. The number of para-hydroxylation sites is 1. The molecule has 2 aromatic carbocycles. The Morgan fingerprint density at radius 3 is 2.37 bits per heavy atom. The van der Waals surface area contributed by atoms with Gasteiger partial charge in [0.25, 0.3) is 0 Å². The number of rotatable bonds is 2. The van der Waals surface area contributed by atoms with Crippen LogP contribution in [0.4, 0.5) is 5.95 Å². The number of fused-ring (bicyclic) bond motifs is 3. The SMILES string of the molecule is CN1CCN(c2nnc3n2-c2ccccc2C(c2ccccc2)=NC3)CC1. The monoisotopic (exact) mass is 358 g/mol. The summed E-state index contributed by atoms with van der Waals surface area (Å²) >= 11 is 0. The third-order valence-electron chi connectivity index (χ3n) is 5.32. The predicted molar refractivity (Wildman–Crippen MR) is 107 cm³/mol. The Morgan fingerprint density at radius 2 is 1.56 bits per heavy atom. The molecule has 0 radical (unpaired) electrons. The van der Waals surface area contributed by atoms with Gasteiger partial charge in [-0.05, 0) is 13.1 Å². The lowest BCUT2D eigenvalue weighted by Gasteiger charge is -2.33. The van der Waals surface area contributed by atoms with E-state index in [1.807, 2.05) is 6.07 Å². The van der Waals surface area contributed by atoms with Gasteiger partial charge in [-0.3, -0.25) is 9.56 Å². The van der Waals surface area contributed by atoms with Crippen LogP contribution in [0.1, 0.15) is 17.0 Å². The van der Waals surface area contributed by atoms with Gasteiger partial charge in [-0.15, -0.1) is 10.2 Å². The van der Waals surface area contributed by atoms with Crippen molar-refractivity contribution in [3.63, 3.8) is 0 Å². The molecule has 6 nitrogen and oxygen atoms in total. The molecule has 0 aliphatic carbocycles. The molecule has 1 aromatic heterocycles. The summed E-state index contributed by atoms with van der Waals surface area (Å²) in [5.74, 6) is 1.82. The summed E-state index contributed by atoms with van der Waals surface area (Å²) in [7, 11) is 2.16. The summed E-state index contributed by atoms with van der Waals surface area (Å²) in [6.07, 6.45) is 0. The highest BCUT2D eigenvalue weighted by molar-refractivity contribution is 6.15. The van der Waals surface area contributed by atoms with Crippen molar-refractivity contribution in [3.8, 4) is 5.69 Å². The molecular weight excluding hydrogens is 336 g/mol. The first-order valence-corrected chi connectivity index (χ1v) is 9.39. The van der Waals surface area contributed by atoms with Gasteiger partial charge in [0, 0.05) is 37.3 Å². The number of aliphatic imine (C=N–C) groups is 1. The van der Waals surface area contributed by atoms with Gasteiger partial charge in [-0.25, -0.2) is 0 Å². The van der Waals surface area contributed by atoms with Crippen LogP contribution in [0.15, 0.2) is 59.6 Å². The summed E-state index contributed by atoms with van der Waals surface area (Å²) in [4.78, 5) is 9.60. The van der Waals surface area contributed by atoms with Crippen molar-refractivity contribution in [2.24, 2.45) is 4.99 Å². The average molecular weight is 358 g/mol. The molecule has 5 rings (SSSR count). The van der Waals surface area contributed by atoms with Crippen LogP contribution < -0.4 is 4.90 Å². The van der Waals surface area contributed by atoms with E-state index in [-0.39, 0.29) is 0 Å². The maximum Gasteiger partial charge on any atom is 0.232 e. The number of benzene rings is 2. The summed E-state index contributed by atoms with van der Waals surface area (Å²) in [6, 6.07) is 18.8. The van der Waals surface area contributed by atoms with Crippen LogP contribution in [0.3, 0.4) is 0 Å². The van der Waals surface area contributed by atoms with E-state index in [1.54, 1.807) is 0 Å². The first-order valence-electron chi connectivity index (χ1n) is 9.39. The van der Waals surface area contributed by atoms with Crippen LogP contribution in [0.25, 0.3) is 5.69 Å². The van der Waals surface area contributed by atoms with Gasteiger partial charge < -0.3 is 9.80 Å². The summed E-state index contributed by atoms with van der Waals surface area (Å²) in [6.45, 7) is 4.53. The average Bonchev–Trinajstić information content (AvgIpc) is 3.06. The fourth-order valence-corrected chi connectivity index (χ4v) is 3.81. The number of hydrogen-bond acceptors (Lipinski definition) is 5. The third kappa shape index (κ3) is 2.82. The van der Waals surface area contributed by atoms with Gasteiger partial charge in [-0.1, -0.05) is 48.5 Å². The Morgan fingerprint density at radius 1 is 0.815 bits per heavy atom. The predicted octanol–water partition coefficient (Wildman–Crippen LogP) is 2.37. The smallest absolute Gasteiger partial charge is 0.232 e. The van der Waals surface area contributed by atoms with Gasteiger partial charge in [-0.2, -0.15) is 0 Å². The molecule has 0 bridgehead atoms. The molecule has 0 unspecified atom stereocenters. The highest BCUT2D eigenvalue weighted by Crippen LogP contribution is 2.29. The topological polar surface area (TPSA) is 49.6 Å². The Labute approximate surface area is 158 Å². The Kier molecular flexibility index (Phi) is 3.98. The fourth-order valence-electron chi connectivity index (χ4n) is 3.81. The van der Waals surface area contributed by atoms with Crippen molar-refractivity contribution in [1.82, 2.24) is 19.7 Å². The van der Waals surface area contributed by atoms with Gasteiger partial charge in [0.2, 0.25) is 5.95 Å². The first-order chi connectivity index (χ1) is 13.3. The van der Waals surface area contributed by atoms with E-state index in [2.05, 4.69) is 80.1 Å². The molecule has 1 saturated heterocycles. The van der Waals surface area contributed by atoms with Gasteiger partial charge in [0.1, 0.15) is 6.54 Å². The zero-order valence-electron chi connectivity index (χ0n) is 15.4. The quantitative estimate of drug-likeness (QED) is 0.706. The van der Waals surface area contributed by atoms with Crippen LogP contribution >= 0.6 is 0 Å². The molecule has 0 atom stereocenters. The molecule has 0 amide bonds. The lowest BCUT2D eigenvalue weighted by atomic mass is 10.0. The van der Waals surface area contributed by atoms with E-state index < -0.39 is 0 Å². The second kappa shape index (κ2) is 6.63. The first kappa shape index (κ1) is 16.2. The minimum absolute atomic E-state index is 0.527. The molecule has 0 saturated carbocycles. The van der Waals surface area contributed by atoms with E-state index in [4.69, 9.17) is 4.99 Å². The maximum atomic E-state index is 4.91. The van der Waals surface area contributed by atoms with Crippen LogP contribution in [0.2, 0.25) is 0 Å².